The second-order valence-corrected chi connectivity index (χ2v) is 7.28. The minimum Gasteiger partial charge on any atom is -0.354 e. The minimum absolute atomic E-state index is 0. The molecule has 1 aliphatic rings. The number of amides is 1. The topological polar surface area (TPSA) is 55.1 Å². The lowest BCUT2D eigenvalue weighted by Crippen LogP contribution is -2.37. The Morgan fingerprint density at radius 2 is 1.77 bits per heavy atom. The van der Waals surface area contributed by atoms with E-state index in [0.717, 1.165) is 29.9 Å². The maximum atomic E-state index is 12.1. The molecular formula is C17H27ClN2OS. The fraction of sp³-hybridized carbons (Fsp3) is 0.588. The summed E-state index contributed by atoms with van der Waals surface area (Å²) in [6.07, 6.45) is 1.99. The second-order valence-electron chi connectivity index (χ2n) is 6.06. The summed E-state index contributed by atoms with van der Waals surface area (Å²) < 4.78 is 0. The number of nitrogens with two attached hydrogens (primary N) is 1. The molecule has 0 radical (unpaired) electrons. The maximum Gasteiger partial charge on any atom is 0.223 e. The summed E-state index contributed by atoms with van der Waals surface area (Å²) in [5.41, 5.74) is 8.58. The van der Waals surface area contributed by atoms with E-state index in [9.17, 15) is 4.79 Å². The fourth-order valence-corrected chi connectivity index (χ4v) is 3.67. The van der Waals surface area contributed by atoms with Crippen LogP contribution in [0, 0.1) is 5.92 Å². The summed E-state index contributed by atoms with van der Waals surface area (Å²) in [6.45, 7) is 4.87. The van der Waals surface area contributed by atoms with Crippen LogP contribution in [0.3, 0.4) is 0 Å². The number of carbonyl (C=O) groups excluding carboxylic acids is 1. The first-order chi connectivity index (χ1) is 10.1. The van der Waals surface area contributed by atoms with Crippen molar-refractivity contribution >= 4 is 30.1 Å². The predicted molar refractivity (Wildman–Crippen MR) is 97.8 cm³/mol. The summed E-state index contributed by atoms with van der Waals surface area (Å²) in [6, 6.07) is 8.26. The highest BCUT2D eigenvalue weighted by atomic mass is 35.5. The maximum absolute atomic E-state index is 12.1. The zero-order chi connectivity index (χ0) is 15.2. The van der Waals surface area contributed by atoms with Crippen LogP contribution in [0.5, 0.6) is 0 Å². The molecule has 124 valence electrons. The molecule has 3 N–H and O–H groups in total. The van der Waals surface area contributed by atoms with Crippen molar-refractivity contribution in [3.8, 4) is 0 Å². The van der Waals surface area contributed by atoms with Crippen molar-refractivity contribution in [3.05, 3.63) is 35.4 Å². The van der Waals surface area contributed by atoms with E-state index in [-0.39, 0.29) is 30.3 Å². The van der Waals surface area contributed by atoms with E-state index in [1.54, 1.807) is 0 Å². The van der Waals surface area contributed by atoms with Gasteiger partial charge in [0.2, 0.25) is 5.91 Å². The van der Waals surface area contributed by atoms with Crippen LogP contribution in [0.4, 0.5) is 0 Å². The average Bonchev–Trinajstić information content (AvgIpc) is 2.53. The number of halogens is 1. The Morgan fingerprint density at radius 3 is 2.32 bits per heavy atom. The SMILES string of the molecule is CC(C)c1ccc(C(N)CNC(=O)C2CCSCC2)cc1.Cl. The molecule has 1 heterocycles. The molecule has 3 nitrogen and oxygen atoms in total. The van der Waals surface area contributed by atoms with Crippen molar-refractivity contribution in [1.82, 2.24) is 5.32 Å². The molecule has 2 rings (SSSR count). The lowest BCUT2D eigenvalue weighted by Gasteiger charge is -2.22. The highest BCUT2D eigenvalue weighted by Crippen LogP contribution is 2.23. The first-order valence-electron chi connectivity index (χ1n) is 7.79. The Morgan fingerprint density at radius 1 is 1.23 bits per heavy atom. The van der Waals surface area contributed by atoms with Crippen LogP contribution in [0.25, 0.3) is 0 Å². The van der Waals surface area contributed by atoms with E-state index < -0.39 is 0 Å². The quantitative estimate of drug-likeness (QED) is 0.861. The van der Waals surface area contributed by atoms with Crippen LogP contribution in [0.1, 0.15) is 49.8 Å². The molecule has 0 bridgehead atoms. The van der Waals surface area contributed by atoms with Crippen molar-refractivity contribution in [2.75, 3.05) is 18.1 Å². The summed E-state index contributed by atoms with van der Waals surface area (Å²) in [4.78, 5) is 12.1. The fourth-order valence-electron chi connectivity index (χ4n) is 2.56. The number of carbonyl (C=O) groups is 1. The number of rotatable bonds is 5. The molecule has 1 aromatic rings. The van der Waals surface area contributed by atoms with E-state index in [0.29, 0.717) is 12.5 Å². The molecule has 1 saturated heterocycles. The van der Waals surface area contributed by atoms with Gasteiger partial charge in [-0.3, -0.25) is 4.79 Å². The monoisotopic (exact) mass is 342 g/mol. The third-order valence-electron chi connectivity index (χ3n) is 4.12. The second kappa shape index (κ2) is 9.43. The van der Waals surface area contributed by atoms with Gasteiger partial charge in [0.05, 0.1) is 0 Å². The normalized spacial score (nSPS) is 16.9. The van der Waals surface area contributed by atoms with Gasteiger partial charge in [0.25, 0.3) is 0 Å². The molecule has 0 aliphatic carbocycles. The first kappa shape index (κ1) is 19.3. The molecule has 0 spiro atoms. The molecule has 1 fully saturated rings. The van der Waals surface area contributed by atoms with Gasteiger partial charge in [0.15, 0.2) is 0 Å². The Hall–Kier alpha value is -0.710. The van der Waals surface area contributed by atoms with Gasteiger partial charge >= 0.3 is 0 Å². The number of hydrogen-bond acceptors (Lipinski definition) is 3. The summed E-state index contributed by atoms with van der Waals surface area (Å²) in [5, 5.41) is 3.01. The van der Waals surface area contributed by atoms with Gasteiger partial charge in [-0.05, 0) is 41.4 Å². The van der Waals surface area contributed by atoms with E-state index in [1.165, 1.54) is 5.56 Å². The largest absolute Gasteiger partial charge is 0.354 e. The van der Waals surface area contributed by atoms with Gasteiger partial charge in [0, 0.05) is 18.5 Å². The molecule has 0 aromatic heterocycles. The Labute approximate surface area is 144 Å². The van der Waals surface area contributed by atoms with Crippen molar-refractivity contribution in [3.63, 3.8) is 0 Å². The van der Waals surface area contributed by atoms with Gasteiger partial charge in [-0.1, -0.05) is 38.1 Å². The lowest BCUT2D eigenvalue weighted by molar-refractivity contribution is -0.125. The summed E-state index contributed by atoms with van der Waals surface area (Å²) in [7, 11) is 0. The zero-order valence-corrected chi connectivity index (χ0v) is 15.0. The molecule has 1 unspecified atom stereocenters. The van der Waals surface area contributed by atoms with E-state index in [2.05, 4.69) is 43.4 Å². The van der Waals surface area contributed by atoms with Crippen LogP contribution in [0.15, 0.2) is 24.3 Å². The van der Waals surface area contributed by atoms with Crippen LogP contribution in [-0.2, 0) is 4.79 Å². The molecule has 1 aromatic carbocycles. The lowest BCUT2D eigenvalue weighted by atomic mass is 9.99. The smallest absolute Gasteiger partial charge is 0.223 e. The van der Waals surface area contributed by atoms with E-state index in [4.69, 9.17) is 5.73 Å². The number of benzene rings is 1. The molecule has 1 atom stereocenters. The van der Waals surface area contributed by atoms with Crippen molar-refractivity contribution in [2.45, 2.75) is 38.6 Å². The van der Waals surface area contributed by atoms with E-state index in [1.807, 2.05) is 11.8 Å². The molecule has 0 saturated carbocycles. The van der Waals surface area contributed by atoms with Crippen LogP contribution in [-0.4, -0.2) is 24.0 Å². The summed E-state index contributed by atoms with van der Waals surface area (Å²) >= 11 is 1.94. The average molecular weight is 343 g/mol. The number of thioether (sulfide) groups is 1. The third-order valence-corrected chi connectivity index (χ3v) is 5.17. The van der Waals surface area contributed by atoms with Gasteiger partial charge < -0.3 is 11.1 Å². The highest BCUT2D eigenvalue weighted by molar-refractivity contribution is 7.99. The molecular weight excluding hydrogens is 316 g/mol. The predicted octanol–water partition coefficient (Wildman–Crippen LogP) is 3.49. The van der Waals surface area contributed by atoms with Gasteiger partial charge in [0.1, 0.15) is 0 Å². The van der Waals surface area contributed by atoms with Crippen molar-refractivity contribution < 1.29 is 4.79 Å². The number of hydrogen-bond donors (Lipinski definition) is 2. The zero-order valence-electron chi connectivity index (χ0n) is 13.4. The molecule has 1 aliphatic heterocycles. The Balaban J connectivity index is 0.00000242. The first-order valence-corrected chi connectivity index (χ1v) is 8.94. The van der Waals surface area contributed by atoms with Gasteiger partial charge in [-0.2, -0.15) is 11.8 Å². The Bertz CT molecular complexity index is 458. The van der Waals surface area contributed by atoms with Crippen molar-refractivity contribution in [2.24, 2.45) is 11.7 Å². The highest BCUT2D eigenvalue weighted by Gasteiger charge is 2.21. The van der Waals surface area contributed by atoms with Gasteiger partial charge in [-0.15, -0.1) is 12.4 Å². The van der Waals surface area contributed by atoms with Crippen LogP contribution in [0.2, 0.25) is 0 Å². The van der Waals surface area contributed by atoms with Gasteiger partial charge in [-0.25, -0.2) is 0 Å². The molecule has 1 amide bonds. The van der Waals surface area contributed by atoms with Crippen molar-refractivity contribution in [1.29, 1.82) is 0 Å². The minimum atomic E-state index is -0.131. The number of nitrogens with one attached hydrogen (secondary N) is 1. The molecule has 22 heavy (non-hydrogen) atoms. The summed E-state index contributed by atoms with van der Waals surface area (Å²) in [5.74, 6) is 3.08. The third kappa shape index (κ3) is 5.49. The Kier molecular flexibility index (Phi) is 8.29. The van der Waals surface area contributed by atoms with Crippen LogP contribution < -0.4 is 11.1 Å². The van der Waals surface area contributed by atoms with Crippen LogP contribution >= 0.6 is 24.2 Å². The van der Waals surface area contributed by atoms with E-state index >= 15 is 0 Å². The standard InChI is InChI=1S/C17H26N2OS.ClH/c1-12(2)13-3-5-14(6-4-13)16(18)11-19-17(20)15-7-9-21-10-8-15;/h3-6,12,15-16H,7-11,18H2,1-2H3,(H,19,20);1H. The molecule has 5 heteroatoms.